The highest BCUT2D eigenvalue weighted by molar-refractivity contribution is 7.80. The normalized spacial score (nSPS) is 14.1. The Bertz CT molecular complexity index is 40.7. The molecule has 0 aromatic heterocycles. The lowest BCUT2D eigenvalue weighted by Gasteiger charge is -2.02. The Labute approximate surface area is 49.7 Å². The van der Waals surface area contributed by atoms with Crippen LogP contribution in [-0.2, 0) is 0 Å². The maximum atomic E-state index is 5.43. The van der Waals surface area contributed by atoms with Gasteiger partial charge in [-0.1, -0.05) is 0 Å². The van der Waals surface area contributed by atoms with Gasteiger partial charge in [-0.15, -0.1) is 0 Å². The zero-order valence-corrected chi connectivity index (χ0v) is 5.20. The molecule has 0 amide bonds. The van der Waals surface area contributed by atoms with Crippen LogP contribution in [0.5, 0.6) is 0 Å². The standard InChI is InChI=1S/C4H12N2S/c5-2-1-4(6)3-7/h4,7H,1-3,5-6H2. The van der Waals surface area contributed by atoms with Crippen molar-refractivity contribution in [1.82, 2.24) is 0 Å². The predicted molar refractivity (Wildman–Crippen MR) is 35.5 cm³/mol. The molecule has 0 aliphatic carbocycles. The summed E-state index contributed by atoms with van der Waals surface area (Å²) < 4.78 is 0. The monoisotopic (exact) mass is 120 g/mol. The largest absolute Gasteiger partial charge is 0.330 e. The van der Waals surface area contributed by atoms with Crippen molar-refractivity contribution < 1.29 is 0 Å². The Balaban J connectivity index is 2.83. The first-order chi connectivity index (χ1) is 3.31. The van der Waals surface area contributed by atoms with Gasteiger partial charge in [0.1, 0.15) is 0 Å². The summed E-state index contributed by atoms with van der Waals surface area (Å²) in [4.78, 5) is 0. The number of nitrogens with two attached hydrogens (primary N) is 2. The van der Waals surface area contributed by atoms with Crippen LogP contribution < -0.4 is 11.5 Å². The number of rotatable bonds is 3. The zero-order valence-electron chi connectivity index (χ0n) is 4.30. The highest BCUT2D eigenvalue weighted by Crippen LogP contribution is 1.85. The van der Waals surface area contributed by atoms with Gasteiger partial charge in [-0.3, -0.25) is 0 Å². The third-order valence-corrected chi connectivity index (χ3v) is 1.24. The van der Waals surface area contributed by atoms with E-state index < -0.39 is 0 Å². The van der Waals surface area contributed by atoms with Gasteiger partial charge in [0.2, 0.25) is 0 Å². The average molecular weight is 120 g/mol. The van der Waals surface area contributed by atoms with Crippen LogP contribution in [0.15, 0.2) is 0 Å². The van der Waals surface area contributed by atoms with Crippen LogP contribution in [0, 0.1) is 0 Å². The average Bonchev–Trinajstić information content (AvgIpc) is 1.68. The van der Waals surface area contributed by atoms with Crippen molar-refractivity contribution in [3.05, 3.63) is 0 Å². The summed E-state index contributed by atoms with van der Waals surface area (Å²) >= 11 is 3.97. The molecule has 0 saturated carbocycles. The van der Waals surface area contributed by atoms with E-state index in [0.29, 0.717) is 6.54 Å². The van der Waals surface area contributed by atoms with Gasteiger partial charge in [0.05, 0.1) is 0 Å². The summed E-state index contributed by atoms with van der Waals surface area (Å²) in [5.74, 6) is 0.733. The summed E-state index contributed by atoms with van der Waals surface area (Å²) in [5, 5.41) is 0. The Hall–Kier alpha value is 0.270. The third kappa shape index (κ3) is 4.12. The molecule has 0 radical (unpaired) electrons. The molecule has 0 aliphatic rings. The Kier molecular flexibility index (Phi) is 4.60. The van der Waals surface area contributed by atoms with E-state index in [1.807, 2.05) is 0 Å². The third-order valence-electron chi connectivity index (χ3n) is 0.772. The fourth-order valence-corrected chi connectivity index (χ4v) is 0.488. The van der Waals surface area contributed by atoms with E-state index in [2.05, 4.69) is 12.6 Å². The lowest BCUT2D eigenvalue weighted by Crippen LogP contribution is -2.24. The SMILES string of the molecule is NCCC(N)CS. The molecule has 2 nitrogen and oxygen atoms in total. The molecule has 0 aliphatic heterocycles. The summed E-state index contributed by atoms with van der Waals surface area (Å²) in [7, 11) is 0. The van der Waals surface area contributed by atoms with E-state index in [1.54, 1.807) is 0 Å². The zero-order chi connectivity index (χ0) is 5.70. The maximum Gasteiger partial charge on any atom is 0.0139 e. The second-order valence-corrected chi connectivity index (χ2v) is 1.89. The number of thiol groups is 1. The fraction of sp³-hybridized carbons (Fsp3) is 1.00. The highest BCUT2D eigenvalue weighted by atomic mass is 32.1. The van der Waals surface area contributed by atoms with E-state index in [-0.39, 0.29) is 6.04 Å². The minimum atomic E-state index is 0.188. The molecule has 0 aromatic carbocycles. The van der Waals surface area contributed by atoms with Gasteiger partial charge in [-0.2, -0.15) is 12.6 Å². The topological polar surface area (TPSA) is 52.0 Å². The fourth-order valence-electron chi connectivity index (χ4n) is 0.305. The second kappa shape index (κ2) is 4.43. The second-order valence-electron chi connectivity index (χ2n) is 1.52. The van der Waals surface area contributed by atoms with Gasteiger partial charge < -0.3 is 11.5 Å². The molecule has 4 N–H and O–H groups in total. The molecular weight excluding hydrogens is 108 g/mol. The lowest BCUT2D eigenvalue weighted by molar-refractivity contribution is 0.686. The number of hydrogen-bond acceptors (Lipinski definition) is 3. The maximum absolute atomic E-state index is 5.43. The van der Waals surface area contributed by atoms with Crippen molar-refractivity contribution in [3.63, 3.8) is 0 Å². The summed E-state index contributed by atoms with van der Waals surface area (Å²) in [5.41, 5.74) is 10.6. The van der Waals surface area contributed by atoms with Crippen molar-refractivity contribution in [2.45, 2.75) is 12.5 Å². The van der Waals surface area contributed by atoms with Gasteiger partial charge >= 0.3 is 0 Å². The molecule has 0 bridgehead atoms. The molecule has 1 unspecified atom stereocenters. The molecule has 0 spiro atoms. The summed E-state index contributed by atoms with van der Waals surface area (Å²) in [6.07, 6.45) is 0.878. The lowest BCUT2D eigenvalue weighted by atomic mass is 10.2. The van der Waals surface area contributed by atoms with Crippen molar-refractivity contribution in [2.24, 2.45) is 11.5 Å². The Morgan fingerprint density at radius 1 is 1.57 bits per heavy atom. The van der Waals surface area contributed by atoms with Crippen LogP contribution in [-0.4, -0.2) is 18.3 Å². The van der Waals surface area contributed by atoms with Crippen molar-refractivity contribution >= 4 is 12.6 Å². The molecule has 0 rings (SSSR count). The van der Waals surface area contributed by atoms with Gasteiger partial charge in [0.15, 0.2) is 0 Å². The van der Waals surface area contributed by atoms with Crippen LogP contribution in [0.4, 0.5) is 0 Å². The first-order valence-electron chi connectivity index (χ1n) is 2.37. The highest BCUT2D eigenvalue weighted by Gasteiger charge is 1.93. The van der Waals surface area contributed by atoms with Gasteiger partial charge in [0, 0.05) is 11.8 Å². The first kappa shape index (κ1) is 7.27. The van der Waals surface area contributed by atoms with Gasteiger partial charge in [-0.25, -0.2) is 0 Å². The molecule has 3 heteroatoms. The molecule has 0 fully saturated rings. The van der Waals surface area contributed by atoms with Crippen molar-refractivity contribution in [3.8, 4) is 0 Å². The van der Waals surface area contributed by atoms with Crippen molar-refractivity contribution in [2.75, 3.05) is 12.3 Å². The molecule has 1 atom stereocenters. The number of hydrogen-bond donors (Lipinski definition) is 3. The molecule has 0 heterocycles. The smallest absolute Gasteiger partial charge is 0.0139 e. The molecule has 0 saturated heterocycles. The van der Waals surface area contributed by atoms with Crippen LogP contribution in [0.3, 0.4) is 0 Å². The minimum Gasteiger partial charge on any atom is -0.330 e. The van der Waals surface area contributed by atoms with E-state index in [1.165, 1.54) is 0 Å². The van der Waals surface area contributed by atoms with Crippen LogP contribution >= 0.6 is 12.6 Å². The van der Waals surface area contributed by atoms with E-state index in [0.717, 1.165) is 12.2 Å². The summed E-state index contributed by atoms with van der Waals surface area (Å²) in [6, 6.07) is 0.188. The molecule has 0 aromatic rings. The quantitative estimate of drug-likeness (QED) is 0.444. The van der Waals surface area contributed by atoms with Crippen LogP contribution in [0.2, 0.25) is 0 Å². The molecule has 44 valence electrons. The predicted octanol–water partition coefficient (Wildman–Crippen LogP) is -0.408. The molecule has 7 heavy (non-hydrogen) atoms. The van der Waals surface area contributed by atoms with Crippen LogP contribution in [0.1, 0.15) is 6.42 Å². The van der Waals surface area contributed by atoms with Gasteiger partial charge in [-0.05, 0) is 13.0 Å². The van der Waals surface area contributed by atoms with Gasteiger partial charge in [0.25, 0.3) is 0 Å². The van der Waals surface area contributed by atoms with Crippen molar-refractivity contribution in [1.29, 1.82) is 0 Å². The first-order valence-corrected chi connectivity index (χ1v) is 3.01. The van der Waals surface area contributed by atoms with E-state index in [9.17, 15) is 0 Å². The van der Waals surface area contributed by atoms with Crippen LogP contribution in [0.25, 0.3) is 0 Å². The minimum absolute atomic E-state index is 0.188. The van der Waals surface area contributed by atoms with E-state index in [4.69, 9.17) is 11.5 Å². The molecular formula is C4H12N2S. The summed E-state index contributed by atoms with van der Waals surface area (Å²) in [6.45, 7) is 0.668. The Morgan fingerprint density at radius 2 is 2.14 bits per heavy atom. The Morgan fingerprint density at radius 3 is 2.29 bits per heavy atom. The van der Waals surface area contributed by atoms with E-state index >= 15 is 0 Å².